The molecule has 0 radical (unpaired) electrons. The van der Waals surface area contributed by atoms with Crippen molar-refractivity contribution in [1.29, 1.82) is 0 Å². The van der Waals surface area contributed by atoms with Gasteiger partial charge in [0.25, 0.3) is 0 Å². The third-order valence-corrected chi connectivity index (χ3v) is 5.89. The second-order valence-electron chi connectivity index (χ2n) is 7.50. The van der Waals surface area contributed by atoms with Crippen LogP contribution in [0.25, 0.3) is 0 Å². The Morgan fingerprint density at radius 3 is 1.79 bits per heavy atom. The average Bonchev–Trinajstić information content (AvgIpc) is 2.30. The molecule has 0 heterocycles. The van der Waals surface area contributed by atoms with Crippen molar-refractivity contribution < 1.29 is 5.11 Å². The van der Waals surface area contributed by atoms with Gasteiger partial charge in [-0.25, -0.2) is 0 Å². The molecule has 0 spiro atoms. The zero-order valence-corrected chi connectivity index (χ0v) is 13.5. The molecule has 0 bridgehead atoms. The minimum Gasteiger partial charge on any atom is -0.396 e. The van der Waals surface area contributed by atoms with E-state index in [1.807, 2.05) is 0 Å². The van der Waals surface area contributed by atoms with Gasteiger partial charge in [0.1, 0.15) is 0 Å². The summed E-state index contributed by atoms with van der Waals surface area (Å²) in [6.07, 6.45) is 0. The van der Waals surface area contributed by atoms with Crippen molar-refractivity contribution in [2.45, 2.75) is 59.3 Å². The fourth-order valence-electron chi connectivity index (χ4n) is 3.84. The molecule has 1 aliphatic rings. The van der Waals surface area contributed by atoms with Gasteiger partial charge in [0.2, 0.25) is 0 Å². The van der Waals surface area contributed by atoms with E-state index < -0.39 is 0 Å². The van der Waals surface area contributed by atoms with Crippen LogP contribution in [0.2, 0.25) is 0 Å². The Morgan fingerprint density at radius 1 is 0.947 bits per heavy atom. The summed E-state index contributed by atoms with van der Waals surface area (Å²) < 4.78 is 0. The fraction of sp³-hybridized carbons (Fsp3) is 0.667. The van der Waals surface area contributed by atoms with Gasteiger partial charge in [-0.1, -0.05) is 46.8 Å². The largest absolute Gasteiger partial charge is 0.396 e. The quantitative estimate of drug-likeness (QED) is 0.805. The second kappa shape index (κ2) is 4.34. The van der Waals surface area contributed by atoms with Crippen molar-refractivity contribution in [1.82, 2.24) is 0 Å². The predicted octanol–water partition coefficient (Wildman–Crippen LogP) is 4.12. The summed E-state index contributed by atoms with van der Waals surface area (Å²) in [6.45, 7) is 16.2. The Kier molecular flexibility index (Phi) is 3.33. The lowest BCUT2D eigenvalue weighted by atomic mass is 9.52. The molecule has 2 atom stereocenters. The molecule has 19 heavy (non-hydrogen) atoms. The van der Waals surface area contributed by atoms with Crippen LogP contribution < -0.4 is 0 Å². The van der Waals surface area contributed by atoms with Crippen LogP contribution in [0.4, 0.5) is 0 Å². The lowest BCUT2D eigenvalue weighted by molar-refractivity contribution is 0.0668. The van der Waals surface area contributed by atoms with Gasteiger partial charge in [0.05, 0.1) is 0 Å². The van der Waals surface area contributed by atoms with Crippen molar-refractivity contribution >= 4 is 0 Å². The van der Waals surface area contributed by atoms with Crippen LogP contribution >= 0.6 is 0 Å². The molecule has 0 saturated heterocycles. The van der Waals surface area contributed by atoms with Crippen LogP contribution in [-0.4, -0.2) is 11.7 Å². The highest BCUT2D eigenvalue weighted by Crippen LogP contribution is 2.52. The third-order valence-electron chi connectivity index (χ3n) is 5.89. The van der Waals surface area contributed by atoms with E-state index in [1.165, 1.54) is 22.3 Å². The van der Waals surface area contributed by atoms with E-state index >= 15 is 0 Å². The first-order valence-electron chi connectivity index (χ1n) is 7.37. The van der Waals surface area contributed by atoms with Crippen LogP contribution in [0.3, 0.4) is 0 Å². The molecule has 106 valence electrons. The van der Waals surface area contributed by atoms with Crippen molar-refractivity contribution in [3.63, 3.8) is 0 Å². The van der Waals surface area contributed by atoms with Crippen LogP contribution in [0, 0.1) is 25.7 Å². The fourth-order valence-corrected chi connectivity index (χ4v) is 3.84. The summed E-state index contributed by atoms with van der Waals surface area (Å²) >= 11 is 0. The highest BCUT2D eigenvalue weighted by molar-refractivity contribution is 5.47. The highest BCUT2D eigenvalue weighted by atomic mass is 16.3. The highest BCUT2D eigenvalue weighted by Gasteiger charge is 2.48. The topological polar surface area (TPSA) is 20.2 Å². The molecule has 1 heteroatoms. The molecule has 2 rings (SSSR count). The van der Waals surface area contributed by atoms with E-state index in [0.717, 1.165) is 0 Å². The maximum atomic E-state index is 9.88. The standard InChI is InChI=1S/C18H28O/c1-11-8-14-15(9-12(11)2)18(6,7)16(10-19)13(3)17(14,4)5/h8-9,13,16,19H,10H2,1-7H3/t13-,16-/m0/s1. The molecule has 1 aromatic carbocycles. The predicted molar refractivity (Wildman–Crippen MR) is 81.7 cm³/mol. The van der Waals surface area contributed by atoms with Crippen LogP contribution in [0.5, 0.6) is 0 Å². The zero-order valence-electron chi connectivity index (χ0n) is 13.5. The van der Waals surface area contributed by atoms with Crippen molar-refractivity contribution in [3.05, 3.63) is 34.4 Å². The number of aryl methyl sites for hydroxylation is 2. The van der Waals surface area contributed by atoms with Gasteiger partial charge in [-0.2, -0.15) is 0 Å². The monoisotopic (exact) mass is 260 g/mol. The summed E-state index contributed by atoms with van der Waals surface area (Å²) in [5.41, 5.74) is 5.79. The zero-order chi connectivity index (χ0) is 14.6. The van der Waals surface area contributed by atoms with E-state index in [1.54, 1.807) is 0 Å². The maximum Gasteiger partial charge on any atom is 0.0470 e. The third kappa shape index (κ3) is 1.94. The Morgan fingerprint density at radius 2 is 1.37 bits per heavy atom. The van der Waals surface area contributed by atoms with E-state index in [2.05, 4.69) is 60.6 Å². The summed E-state index contributed by atoms with van der Waals surface area (Å²) in [5, 5.41) is 9.88. The molecular formula is C18H28O. The Labute approximate surface area is 118 Å². The van der Waals surface area contributed by atoms with Gasteiger partial charge in [0, 0.05) is 6.61 Å². The summed E-state index contributed by atoms with van der Waals surface area (Å²) in [4.78, 5) is 0. The Bertz CT molecular complexity index is 497. The molecule has 1 aliphatic carbocycles. The summed E-state index contributed by atoms with van der Waals surface area (Å²) in [6, 6.07) is 4.72. The Balaban J connectivity index is 2.76. The number of hydrogen-bond acceptors (Lipinski definition) is 1. The van der Waals surface area contributed by atoms with Crippen LogP contribution in [-0.2, 0) is 10.8 Å². The van der Waals surface area contributed by atoms with E-state index in [9.17, 15) is 5.11 Å². The number of fused-ring (bicyclic) bond motifs is 1. The first-order valence-corrected chi connectivity index (χ1v) is 7.37. The molecule has 0 saturated carbocycles. The molecule has 1 nitrogen and oxygen atoms in total. The van der Waals surface area contributed by atoms with Gasteiger partial charge in [-0.3, -0.25) is 0 Å². The van der Waals surface area contributed by atoms with Gasteiger partial charge < -0.3 is 5.11 Å². The normalized spacial score (nSPS) is 28.0. The number of rotatable bonds is 1. The van der Waals surface area contributed by atoms with E-state index in [-0.39, 0.29) is 17.4 Å². The number of benzene rings is 1. The van der Waals surface area contributed by atoms with Crippen molar-refractivity contribution in [2.24, 2.45) is 11.8 Å². The van der Waals surface area contributed by atoms with Gasteiger partial charge in [-0.05, 0) is 58.8 Å². The molecule has 0 aliphatic heterocycles. The first kappa shape index (κ1) is 14.6. The second-order valence-corrected chi connectivity index (χ2v) is 7.50. The number of aliphatic hydroxyl groups excluding tert-OH is 1. The lowest BCUT2D eigenvalue weighted by Crippen LogP contribution is -2.49. The molecule has 1 N–H and O–H groups in total. The summed E-state index contributed by atoms with van der Waals surface area (Å²) in [5.74, 6) is 0.791. The number of aliphatic hydroxyl groups is 1. The smallest absolute Gasteiger partial charge is 0.0470 e. The lowest BCUT2D eigenvalue weighted by Gasteiger charge is -2.52. The minimum atomic E-state index is 0.0392. The number of hydrogen-bond donors (Lipinski definition) is 1. The van der Waals surface area contributed by atoms with Gasteiger partial charge in [-0.15, -0.1) is 0 Å². The van der Waals surface area contributed by atoms with Crippen LogP contribution in [0.15, 0.2) is 12.1 Å². The van der Waals surface area contributed by atoms with E-state index in [0.29, 0.717) is 11.8 Å². The molecule has 0 aromatic heterocycles. The summed E-state index contributed by atoms with van der Waals surface area (Å²) in [7, 11) is 0. The van der Waals surface area contributed by atoms with Crippen molar-refractivity contribution in [2.75, 3.05) is 6.61 Å². The van der Waals surface area contributed by atoms with Gasteiger partial charge >= 0.3 is 0 Å². The first-order chi connectivity index (χ1) is 8.64. The average molecular weight is 260 g/mol. The van der Waals surface area contributed by atoms with Crippen molar-refractivity contribution in [3.8, 4) is 0 Å². The molecule has 0 unspecified atom stereocenters. The maximum absolute atomic E-state index is 9.88. The molecule has 0 fully saturated rings. The molecular weight excluding hydrogens is 232 g/mol. The minimum absolute atomic E-state index is 0.0392. The van der Waals surface area contributed by atoms with Crippen LogP contribution in [0.1, 0.15) is 56.9 Å². The molecule has 0 amide bonds. The SMILES string of the molecule is Cc1cc2c(cc1C)C(C)(C)[C@@H](CO)[C@H](C)C2(C)C. The van der Waals surface area contributed by atoms with Gasteiger partial charge in [0.15, 0.2) is 0 Å². The Hall–Kier alpha value is -0.820. The van der Waals surface area contributed by atoms with E-state index in [4.69, 9.17) is 0 Å². The molecule has 1 aromatic rings.